The van der Waals surface area contributed by atoms with Gasteiger partial charge in [0.25, 0.3) is 0 Å². The van der Waals surface area contributed by atoms with Crippen LogP contribution in [0.1, 0.15) is 43.3 Å². The number of oxazole rings is 1. The molecule has 3 rings (SSSR count). The summed E-state index contributed by atoms with van der Waals surface area (Å²) in [6.07, 6.45) is 1.66. The fraction of sp³-hybridized carbons (Fsp3) is 0.263. The van der Waals surface area contributed by atoms with Crippen LogP contribution in [-0.2, 0) is 0 Å². The number of benzene rings is 1. The van der Waals surface area contributed by atoms with Gasteiger partial charge in [-0.2, -0.15) is 0 Å². The Morgan fingerprint density at radius 3 is 2.40 bits per heavy atom. The molecule has 0 radical (unpaired) electrons. The van der Waals surface area contributed by atoms with Gasteiger partial charge in [0.2, 0.25) is 5.89 Å². The molecule has 0 bridgehead atoms. The number of amides is 2. The predicted molar refractivity (Wildman–Crippen MR) is 93.9 cm³/mol. The first-order valence-electron chi connectivity index (χ1n) is 8.17. The summed E-state index contributed by atoms with van der Waals surface area (Å²) in [4.78, 5) is 16.4. The van der Waals surface area contributed by atoms with Crippen molar-refractivity contribution >= 4 is 6.03 Å². The summed E-state index contributed by atoms with van der Waals surface area (Å²) < 4.78 is 11.3. The lowest BCUT2D eigenvalue weighted by Crippen LogP contribution is -2.38. The van der Waals surface area contributed by atoms with Gasteiger partial charge in [0.1, 0.15) is 17.6 Å². The van der Waals surface area contributed by atoms with Crippen molar-refractivity contribution in [3.63, 3.8) is 0 Å². The third-order valence-corrected chi connectivity index (χ3v) is 3.84. The van der Waals surface area contributed by atoms with E-state index in [1.807, 2.05) is 63.2 Å². The normalized spacial score (nSPS) is 13.2. The molecule has 0 saturated carbocycles. The number of aromatic nitrogens is 1. The van der Waals surface area contributed by atoms with Crippen LogP contribution in [-0.4, -0.2) is 11.0 Å². The monoisotopic (exact) mass is 339 g/mol. The lowest BCUT2D eigenvalue weighted by molar-refractivity contribution is 0.231. The highest BCUT2D eigenvalue weighted by atomic mass is 16.4. The Kier molecular flexibility index (Phi) is 4.88. The van der Waals surface area contributed by atoms with Gasteiger partial charge in [-0.1, -0.05) is 30.3 Å². The molecule has 0 aliphatic carbocycles. The molecule has 130 valence electrons. The molecular formula is C19H21N3O3. The van der Waals surface area contributed by atoms with Gasteiger partial charge in [0.05, 0.1) is 12.2 Å². The van der Waals surface area contributed by atoms with Crippen LogP contribution >= 0.6 is 0 Å². The van der Waals surface area contributed by atoms with E-state index < -0.39 is 0 Å². The first kappa shape index (κ1) is 16.8. The maximum absolute atomic E-state index is 12.2. The number of nitrogens with one attached hydrogen (secondary N) is 2. The van der Waals surface area contributed by atoms with Crippen molar-refractivity contribution in [2.75, 3.05) is 0 Å². The van der Waals surface area contributed by atoms with E-state index in [0.29, 0.717) is 17.4 Å². The molecular weight excluding hydrogens is 318 g/mol. The van der Waals surface area contributed by atoms with Gasteiger partial charge in [-0.3, -0.25) is 0 Å². The second-order valence-corrected chi connectivity index (χ2v) is 5.94. The van der Waals surface area contributed by atoms with E-state index in [4.69, 9.17) is 8.83 Å². The first-order valence-corrected chi connectivity index (χ1v) is 8.17. The summed E-state index contributed by atoms with van der Waals surface area (Å²) in [6.45, 7) is 5.55. The fourth-order valence-electron chi connectivity index (χ4n) is 2.48. The molecule has 0 saturated heterocycles. The molecule has 6 nitrogen and oxygen atoms in total. The summed E-state index contributed by atoms with van der Waals surface area (Å²) in [5.74, 6) is 2.65. The van der Waals surface area contributed by atoms with E-state index in [1.165, 1.54) is 0 Å². The minimum Gasteiger partial charge on any atom is -0.464 e. The average Bonchev–Trinajstić information content (AvgIpc) is 3.24. The van der Waals surface area contributed by atoms with E-state index in [9.17, 15) is 4.79 Å². The Morgan fingerprint density at radius 1 is 1.00 bits per heavy atom. The van der Waals surface area contributed by atoms with Crippen molar-refractivity contribution < 1.29 is 13.6 Å². The van der Waals surface area contributed by atoms with Gasteiger partial charge in [-0.05, 0) is 32.9 Å². The predicted octanol–water partition coefficient (Wildman–Crippen LogP) is 4.36. The van der Waals surface area contributed by atoms with Crippen LogP contribution in [0.4, 0.5) is 4.79 Å². The maximum Gasteiger partial charge on any atom is 0.316 e. The second-order valence-electron chi connectivity index (χ2n) is 5.94. The zero-order valence-corrected chi connectivity index (χ0v) is 14.4. The van der Waals surface area contributed by atoms with Gasteiger partial charge >= 0.3 is 6.03 Å². The van der Waals surface area contributed by atoms with Crippen LogP contribution in [0.5, 0.6) is 0 Å². The van der Waals surface area contributed by atoms with Crippen molar-refractivity contribution in [1.82, 2.24) is 15.6 Å². The number of aryl methyl sites for hydroxylation is 1. The number of urea groups is 1. The molecule has 2 amide bonds. The highest BCUT2D eigenvalue weighted by Crippen LogP contribution is 2.22. The van der Waals surface area contributed by atoms with Crippen LogP contribution in [0.3, 0.4) is 0 Å². The number of nitrogens with zero attached hydrogens (tertiary/aromatic N) is 1. The van der Waals surface area contributed by atoms with Crippen LogP contribution in [0.2, 0.25) is 0 Å². The molecule has 25 heavy (non-hydrogen) atoms. The second kappa shape index (κ2) is 7.25. The number of hydrogen-bond acceptors (Lipinski definition) is 4. The summed E-state index contributed by atoms with van der Waals surface area (Å²) in [6, 6.07) is 12.5. The lowest BCUT2D eigenvalue weighted by Gasteiger charge is -2.15. The average molecular weight is 339 g/mol. The SMILES string of the molecule is Cc1ccc([C@@H](C)NC(=O)N[C@H](C)c2ncc(-c3ccccc3)o2)o1. The molecule has 0 fully saturated rings. The summed E-state index contributed by atoms with van der Waals surface area (Å²) >= 11 is 0. The minimum atomic E-state index is -0.358. The van der Waals surface area contributed by atoms with E-state index in [0.717, 1.165) is 11.3 Å². The van der Waals surface area contributed by atoms with E-state index >= 15 is 0 Å². The van der Waals surface area contributed by atoms with Gasteiger partial charge in [0, 0.05) is 5.56 Å². The molecule has 1 aromatic carbocycles. The van der Waals surface area contributed by atoms with Gasteiger partial charge < -0.3 is 19.5 Å². The Hall–Kier alpha value is -3.02. The van der Waals surface area contributed by atoms with Gasteiger partial charge in [-0.15, -0.1) is 0 Å². The standard InChI is InChI=1S/C19H21N3O3/c1-12-9-10-16(24-12)13(2)21-19(23)22-14(3)18-20-11-17(25-18)15-7-5-4-6-8-15/h4-11,13-14H,1-3H3,(H2,21,22,23)/t13-,14-/m1/s1. The Balaban J connectivity index is 1.59. The third-order valence-electron chi connectivity index (χ3n) is 3.84. The highest BCUT2D eigenvalue weighted by molar-refractivity contribution is 5.74. The largest absolute Gasteiger partial charge is 0.464 e. The number of furan rings is 1. The molecule has 2 N–H and O–H groups in total. The Morgan fingerprint density at radius 2 is 1.72 bits per heavy atom. The fourth-order valence-corrected chi connectivity index (χ4v) is 2.48. The summed E-state index contributed by atoms with van der Waals surface area (Å²) in [5, 5.41) is 5.66. The number of carbonyl (C=O) groups is 1. The van der Waals surface area contributed by atoms with Crippen molar-refractivity contribution in [2.24, 2.45) is 0 Å². The van der Waals surface area contributed by atoms with Crippen molar-refractivity contribution in [2.45, 2.75) is 32.9 Å². The number of hydrogen-bond donors (Lipinski definition) is 2. The van der Waals surface area contributed by atoms with Crippen molar-refractivity contribution in [3.8, 4) is 11.3 Å². The molecule has 0 aliphatic rings. The van der Waals surface area contributed by atoms with Crippen LogP contribution < -0.4 is 10.6 Å². The molecule has 2 heterocycles. The number of rotatable bonds is 5. The van der Waals surface area contributed by atoms with E-state index in [-0.39, 0.29) is 18.1 Å². The molecule has 0 aliphatic heterocycles. The summed E-state index contributed by atoms with van der Waals surface area (Å²) in [5.41, 5.74) is 0.944. The van der Waals surface area contributed by atoms with E-state index in [1.54, 1.807) is 6.20 Å². The van der Waals surface area contributed by atoms with Crippen molar-refractivity contribution in [3.05, 3.63) is 66.1 Å². The smallest absolute Gasteiger partial charge is 0.316 e. The molecule has 6 heteroatoms. The highest BCUT2D eigenvalue weighted by Gasteiger charge is 2.18. The van der Waals surface area contributed by atoms with Crippen LogP contribution in [0.25, 0.3) is 11.3 Å². The van der Waals surface area contributed by atoms with Crippen LogP contribution in [0, 0.1) is 6.92 Å². The third kappa shape index (κ3) is 4.09. The molecule has 0 spiro atoms. The van der Waals surface area contributed by atoms with Crippen LogP contribution in [0.15, 0.2) is 57.5 Å². The Bertz CT molecular complexity index is 838. The molecule has 2 atom stereocenters. The molecule has 0 unspecified atom stereocenters. The summed E-state index contributed by atoms with van der Waals surface area (Å²) in [7, 11) is 0. The van der Waals surface area contributed by atoms with Crippen molar-refractivity contribution in [1.29, 1.82) is 0 Å². The van der Waals surface area contributed by atoms with Gasteiger partial charge in [-0.25, -0.2) is 9.78 Å². The minimum absolute atomic E-state index is 0.231. The zero-order chi connectivity index (χ0) is 17.8. The topological polar surface area (TPSA) is 80.3 Å². The quantitative estimate of drug-likeness (QED) is 0.723. The molecule has 3 aromatic rings. The number of carbonyl (C=O) groups excluding carboxylic acids is 1. The Labute approximate surface area is 146 Å². The maximum atomic E-state index is 12.2. The van der Waals surface area contributed by atoms with E-state index in [2.05, 4.69) is 15.6 Å². The molecule has 2 aromatic heterocycles. The zero-order valence-electron chi connectivity index (χ0n) is 14.4. The lowest BCUT2D eigenvalue weighted by atomic mass is 10.2. The van der Waals surface area contributed by atoms with Gasteiger partial charge in [0.15, 0.2) is 5.76 Å². The first-order chi connectivity index (χ1) is 12.0.